The van der Waals surface area contributed by atoms with Crippen LogP contribution in [-0.4, -0.2) is 35.6 Å². The molecule has 1 saturated carbocycles. The van der Waals surface area contributed by atoms with E-state index in [0.717, 1.165) is 0 Å². The summed E-state index contributed by atoms with van der Waals surface area (Å²) >= 11 is 0. The smallest absolute Gasteiger partial charge is 0.0309 e. The van der Waals surface area contributed by atoms with Gasteiger partial charge in [-0.25, -0.2) is 0 Å². The maximum atomic E-state index is 3.94. The fraction of sp³-hybridized carbons (Fsp3) is 1.00. The van der Waals surface area contributed by atoms with Crippen molar-refractivity contribution in [3.05, 3.63) is 0 Å². The maximum absolute atomic E-state index is 3.94. The zero-order valence-corrected chi connectivity index (χ0v) is 14.1. The second-order valence-corrected chi connectivity index (χ2v) is 7.53. The zero-order chi connectivity index (χ0) is 14.5. The van der Waals surface area contributed by atoms with Gasteiger partial charge in [0.25, 0.3) is 0 Å². The average Bonchev–Trinajstić information content (AvgIpc) is 2.91. The first-order chi connectivity index (χ1) is 9.64. The molecule has 1 spiro atoms. The van der Waals surface area contributed by atoms with Crippen LogP contribution in [0.4, 0.5) is 0 Å². The number of nitrogens with zero attached hydrogens (tertiary/aromatic N) is 1. The van der Waals surface area contributed by atoms with Crippen LogP contribution in [0.15, 0.2) is 0 Å². The molecule has 1 aliphatic heterocycles. The summed E-state index contributed by atoms with van der Waals surface area (Å²) < 4.78 is 0. The Kier molecular flexibility index (Phi) is 5.92. The summed E-state index contributed by atoms with van der Waals surface area (Å²) in [5, 5.41) is 3.94. The fourth-order valence-electron chi connectivity index (χ4n) is 4.09. The predicted molar refractivity (Wildman–Crippen MR) is 88.2 cm³/mol. The minimum atomic E-state index is 0.387. The van der Waals surface area contributed by atoms with Gasteiger partial charge in [0.2, 0.25) is 0 Å². The largest absolute Gasteiger partial charge is 0.308 e. The minimum absolute atomic E-state index is 0.387. The highest BCUT2D eigenvalue weighted by Gasteiger charge is 2.44. The summed E-state index contributed by atoms with van der Waals surface area (Å²) in [4.78, 5) is 2.83. The Labute approximate surface area is 126 Å². The molecule has 1 saturated heterocycles. The highest BCUT2D eigenvalue weighted by molar-refractivity contribution is 5.05. The third-order valence-electron chi connectivity index (χ3n) is 5.96. The first-order valence-electron chi connectivity index (χ1n) is 9.14. The van der Waals surface area contributed by atoms with Gasteiger partial charge in [-0.2, -0.15) is 0 Å². The van der Waals surface area contributed by atoms with Gasteiger partial charge in [-0.3, -0.25) is 4.90 Å². The number of rotatable bonds is 7. The monoisotopic (exact) mass is 280 g/mol. The van der Waals surface area contributed by atoms with E-state index >= 15 is 0 Å². The summed E-state index contributed by atoms with van der Waals surface area (Å²) in [6, 6.07) is 0. The van der Waals surface area contributed by atoms with Gasteiger partial charge in [-0.1, -0.05) is 52.4 Å². The highest BCUT2D eigenvalue weighted by Crippen LogP contribution is 2.36. The van der Waals surface area contributed by atoms with Gasteiger partial charge in [0, 0.05) is 24.2 Å². The molecule has 2 rings (SSSR count). The van der Waals surface area contributed by atoms with E-state index in [0.29, 0.717) is 11.1 Å². The van der Waals surface area contributed by atoms with Crippen molar-refractivity contribution in [2.24, 2.45) is 0 Å². The van der Waals surface area contributed by atoms with E-state index in [9.17, 15) is 0 Å². The maximum Gasteiger partial charge on any atom is 0.0309 e. The SMILES string of the molecule is CCCCCCCN1CC2(CCCC2)NCC1(C)CC. The van der Waals surface area contributed by atoms with Crippen molar-refractivity contribution in [1.29, 1.82) is 0 Å². The van der Waals surface area contributed by atoms with Crippen LogP contribution in [0, 0.1) is 0 Å². The second kappa shape index (κ2) is 7.26. The van der Waals surface area contributed by atoms with E-state index in [2.05, 4.69) is 31.0 Å². The molecule has 2 heteroatoms. The third-order valence-corrected chi connectivity index (χ3v) is 5.96. The van der Waals surface area contributed by atoms with Gasteiger partial charge < -0.3 is 5.32 Å². The molecule has 1 N–H and O–H groups in total. The van der Waals surface area contributed by atoms with Gasteiger partial charge in [0.05, 0.1) is 0 Å². The standard InChI is InChI=1S/C18H36N2/c1-4-6-7-8-11-14-20-16-18(12-9-10-13-18)19-15-17(20,3)5-2/h19H,4-16H2,1-3H3. The van der Waals surface area contributed by atoms with Crippen LogP contribution in [0.25, 0.3) is 0 Å². The average molecular weight is 280 g/mol. The normalized spacial score (nSPS) is 30.1. The molecule has 1 aliphatic carbocycles. The van der Waals surface area contributed by atoms with Crippen LogP contribution in [0.2, 0.25) is 0 Å². The first kappa shape index (κ1) is 16.3. The summed E-state index contributed by atoms with van der Waals surface area (Å²) in [5.74, 6) is 0. The lowest BCUT2D eigenvalue weighted by atomic mass is 9.85. The number of hydrogen-bond donors (Lipinski definition) is 1. The summed E-state index contributed by atoms with van der Waals surface area (Å²) in [6.45, 7) is 10.9. The van der Waals surface area contributed by atoms with Crippen LogP contribution in [0.3, 0.4) is 0 Å². The molecule has 20 heavy (non-hydrogen) atoms. The lowest BCUT2D eigenvalue weighted by Gasteiger charge is -2.52. The highest BCUT2D eigenvalue weighted by atomic mass is 15.3. The third kappa shape index (κ3) is 3.76. The van der Waals surface area contributed by atoms with Gasteiger partial charge in [0.15, 0.2) is 0 Å². The number of nitrogens with one attached hydrogen (secondary N) is 1. The van der Waals surface area contributed by atoms with Crippen LogP contribution in [0.1, 0.15) is 85.0 Å². The van der Waals surface area contributed by atoms with E-state index in [1.807, 2.05) is 0 Å². The molecule has 2 fully saturated rings. The van der Waals surface area contributed by atoms with Crippen LogP contribution >= 0.6 is 0 Å². The molecule has 0 bridgehead atoms. The Morgan fingerprint density at radius 1 is 1.00 bits per heavy atom. The van der Waals surface area contributed by atoms with Crippen molar-refractivity contribution in [1.82, 2.24) is 10.2 Å². The first-order valence-corrected chi connectivity index (χ1v) is 9.14. The summed E-state index contributed by atoms with van der Waals surface area (Å²) in [6.07, 6.45) is 13.9. The van der Waals surface area contributed by atoms with Crippen molar-refractivity contribution in [2.45, 2.75) is 96.1 Å². The Balaban J connectivity index is 1.86. The number of piperazine rings is 1. The van der Waals surface area contributed by atoms with E-state index in [1.165, 1.54) is 83.8 Å². The van der Waals surface area contributed by atoms with Crippen molar-refractivity contribution < 1.29 is 0 Å². The molecule has 1 unspecified atom stereocenters. The van der Waals surface area contributed by atoms with Crippen LogP contribution in [-0.2, 0) is 0 Å². The predicted octanol–water partition coefficient (Wildman–Crippen LogP) is 4.34. The minimum Gasteiger partial charge on any atom is -0.308 e. The van der Waals surface area contributed by atoms with E-state index < -0.39 is 0 Å². The molecule has 2 aliphatic rings. The molecular weight excluding hydrogens is 244 g/mol. The Morgan fingerprint density at radius 3 is 2.35 bits per heavy atom. The van der Waals surface area contributed by atoms with E-state index in [1.54, 1.807) is 0 Å². The fourth-order valence-corrected chi connectivity index (χ4v) is 4.09. The molecule has 2 nitrogen and oxygen atoms in total. The molecule has 0 aromatic carbocycles. The topological polar surface area (TPSA) is 15.3 Å². The molecule has 0 radical (unpaired) electrons. The Morgan fingerprint density at radius 2 is 1.70 bits per heavy atom. The van der Waals surface area contributed by atoms with Gasteiger partial charge in [-0.15, -0.1) is 0 Å². The molecule has 0 amide bonds. The number of unbranched alkanes of at least 4 members (excludes halogenated alkanes) is 4. The van der Waals surface area contributed by atoms with Gasteiger partial charge in [-0.05, 0) is 39.2 Å². The quantitative estimate of drug-likeness (QED) is 0.698. The summed E-state index contributed by atoms with van der Waals surface area (Å²) in [5.41, 5.74) is 0.858. The van der Waals surface area contributed by atoms with Crippen molar-refractivity contribution in [3.8, 4) is 0 Å². The lowest BCUT2D eigenvalue weighted by Crippen LogP contribution is -2.68. The number of hydrogen-bond acceptors (Lipinski definition) is 2. The molecule has 0 aromatic heterocycles. The summed E-state index contributed by atoms with van der Waals surface area (Å²) in [7, 11) is 0. The molecule has 0 aromatic rings. The molecule has 118 valence electrons. The Bertz CT molecular complexity index is 283. The van der Waals surface area contributed by atoms with Gasteiger partial charge >= 0.3 is 0 Å². The van der Waals surface area contributed by atoms with E-state index in [4.69, 9.17) is 0 Å². The zero-order valence-electron chi connectivity index (χ0n) is 14.1. The van der Waals surface area contributed by atoms with Gasteiger partial charge in [0.1, 0.15) is 0 Å². The van der Waals surface area contributed by atoms with Crippen LogP contribution in [0.5, 0.6) is 0 Å². The lowest BCUT2D eigenvalue weighted by molar-refractivity contribution is 0.0131. The van der Waals surface area contributed by atoms with Crippen molar-refractivity contribution in [3.63, 3.8) is 0 Å². The second-order valence-electron chi connectivity index (χ2n) is 7.53. The van der Waals surface area contributed by atoms with E-state index in [-0.39, 0.29) is 0 Å². The molecular formula is C18H36N2. The molecule has 1 atom stereocenters. The van der Waals surface area contributed by atoms with Crippen LogP contribution < -0.4 is 5.32 Å². The van der Waals surface area contributed by atoms with Crippen molar-refractivity contribution in [2.75, 3.05) is 19.6 Å². The van der Waals surface area contributed by atoms with Crippen molar-refractivity contribution >= 4 is 0 Å². The molecule has 1 heterocycles. The Hall–Kier alpha value is -0.0800.